The zero-order valence-electron chi connectivity index (χ0n) is 8.98. The lowest BCUT2D eigenvalue weighted by atomic mass is 10.2. The summed E-state index contributed by atoms with van der Waals surface area (Å²) in [4.78, 5) is 11.8. The molecule has 6 nitrogen and oxygen atoms in total. The Morgan fingerprint density at radius 3 is 3.12 bits per heavy atom. The van der Waals surface area contributed by atoms with Gasteiger partial charge in [0.25, 0.3) is 0 Å². The van der Waals surface area contributed by atoms with Crippen LogP contribution in [0.25, 0.3) is 0 Å². The second-order valence-electron chi connectivity index (χ2n) is 3.64. The number of carbonyl (C=O) groups is 1. The number of hydrogen-bond donors (Lipinski definition) is 2. The molecule has 1 unspecified atom stereocenters. The fourth-order valence-electron chi connectivity index (χ4n) is 1.38. The van der Waals surface area contributed by atoms with Crippen molar-refractivity contribution in [2.75, 3.05) is 0 Å². The van der Waals surface area contributed by atoms with Gasteiger partial charge in [-0.05, 0) is 11.4 Å². The van der Waals surface area contributed by atoms with Crippen LogP contribution < -0.4 is 5.73 Å². The molecule has 2 rings (SSSR count). The van der Waals surface area contributed by atoms with Gasteiger partial charge in [0.1, 0.15) is 6.04 Å². The number of carboxylic acids is 1. The molecule has 17 heavy (non-hydrogen) atoms. The molecule has 0 aliphatic carbocycles. The molecule has 0 amide bonds. The smallest absolute Gasteiger partial charge is 0.320 e. The van der Waals surface area contributed by atoms with Crippen molar-refractivity contribution >= 4 is 17.3 Å². The second-order valence-corrected chi connectivity index (χ2v) is 4.67. The first kappa shape index (κ1) is 11.7. The highest BCUT2D eigenvalue weighted by Crippen LogP contribution is 2.10. The van der Waals surface area contributed by atoms with Gasteiger partial charge in [-0.25, -0.2) is 4.68 Å². The van der Waals surface area contributed by atoms with Gasteiger partial charge < -0.3 is 10.8 Å². The highest BCUT2D eigenvalue weighted by atomic mass is 32.1. The van der Waals surface area contributed by atoms with Gasteiger partial charge in [-0.1, -0.05) is 11.3 Å². The minimum Gasteiger partial charge on any atom is -0.480 e. The van der Waals surface area contributed by atoms with Gasteiger partial charge in [-0.3, -0.25) is 4.79 Å². The van der Waals surface area contributed by atoms with E-state index in [1.54, 1.807) is 22.2 Å². The fraction of sp³-hybridized carbons (Fsp3) is 0.300. The third kappa shape index (κ3) is 3.11. The monoisotopic (exact) mass is 252 g/mol. The molecule has 2 heterocycles. The first-order valence-corrected chi connectivity index (χ1v) is 5.93. The van der Waals surface area contributed by atoms with Crippen molar-refractivity contribution in [1.29, 1.82) is 0 Å². The van der Waals surface area contributed by atoms with Crippen LogP contribution in [-0.4, -0.2) is 32.1 Å². The number of hydrogen-bond acceptors (Lipinski definition) is 5. The summed E-state index contributed by atoms with van der Waals surface area (Å²) in [6, 6.07) is 3.05. The summed E-state index contributed by atoms with van der Waals surface area (Å²) in [7, 11) is 0. The molecule has 0 fully saturated rings. The Balaban J connectivity index is 1.98. The molecular formula is C10H12N4O2S. The first-order chi connectivity index (χ1) is 8.15. The van der Waals surface area contributed by atoms with E-state index in [4.69, 9.17) is 10.8 Å². The Kier molecular flexibility index (Phi) is 3.50. The highest BCUT2D eigenvalue weighted by Gasteiger charge is 2.14. The molecule has 7 heteroatoms. The average Bonchev–Trinajstić information content (AvgIpc) is 2.91. The molecule has 0 aliphatic rings. The predicted octanol–water partition coefficient (Wildman–Crippen LogP) is 0.342. The van der Waals surface area contributed by atoms with E-state index in [2.05, 4.69) is 10.3 Å². The number of rotatable bonds is 5. The van der Waals surface area contributed by atoms with E-state index < -0.39 is 12.0 Å². The van der Waals surface area contributed by atoms with Crippen molar-refractivity contribution < 1.29 is 9.90 Å². The van der Waals surface area contributed by atoms with Crippen LogP contribution >= 0.6 is 11.3 Å². The molecule has 0 saturated carbocycles. The summed E-state index contributed by atoms with van der Waals surface area (Å²) in [6.07, 6.45) is 1.92. The normalized spacial score (nSPS) is 12.5. The number of carboxylic acid groups (broad SMARTS) is 1. The molecule has 0 aliphatic heterocycles. The Morgan fingerprint density at radius 2 is 2.47 bits per heavy atom. The minimum atomic E-state index is -1.03. The standard InChI is InChI=1S/C10H12N4O2S/c11-9(10(15)16)4-7-5-14(13-12-7)6-8-2-1-3-17-8/h1-3,5,9H,4,6,11H2,(H,15,16). The highest BCUT2D eigenvalue weighted by molar-refractivity contribution is 7.09. The number of aliphatic carboxylic acids is 1. The van der Waals surface area contributed by atoms with Crippen LogP contribution in [0.15, 0.2) is 23.7 Å². The van der Waals surface area contributed by atoms with Gasteiger partial charge in [0, 0.05) is 17.5 Å². The zero-order chi connectivity index (χ0) is 12.3. The van der Waals surface area contributed by atoms with Crippen molar-refractivity contribution in [3.8, 4) is 0 Å². The Bertz CT molecular complexity index is 494. The molecule has 0 saturated heterocycles. The molecule has 2 aromatic heterocycles. The molecule has 2 aromatic rings. The van der Waals surface area contributed by atoms with Crippen LogP contribution in [0.5, 0.6) is 0 Å². The Morgan fingerprint density at radius 1 is 1.65 bits per heavy atom. The third-order valence-electron chi connectivity index (χ3n) is 2.23. The van der Waals surface area contributed by atoms with E-state index in [1.165, 1.54) is 4.88 Å². The lowest BCUT2D eigenvalue weighted by molar-refractivity contribution is -0.138. The summed E-state index contributed by atoms with van der Waals surface area (Å²) >= 11 is 1.64. The molecule has 90 valence electrons. The quantitative estimate of drug-likeness (QED) is 0.800. The third-order valence-corrected chi connectivity index (χ3v) is 3.09. The molecule has 0 spiro atoms. The van der Waals surface area contributed by atoms with Crippen LogP contribution in [0.4, 0.5) is 0 Å². The maximum Gasteiger partial charge on any atom is 0.320 e. The van der Waals surface area contributed by atoms with Gasteiger partial charge in [-0.15, -0.1) is 16.4 Å². The van der Waals surface area contributed by atoms with E-state index >= 15 is 0 Å². The van der Waals surface area contributed by atoms with Gasteiger partial charge in [0.2, 0.25) is 0 Å². The van der Waals surface area contributed by atoms with Crippen molar-refractivity contribution in [2.45, 2.75) is 19.0 Å². The Labute approximate surface area is 102 Å². The van der Waals surface area contributed by atoms with Crippen molar-refractivity contribution in [3.63, 3.8) is 0 Å². The topological polar surface area (TPSA) is 94.0 Å². The van der Waals surface area contributed by atoms with Gasteiger partial charge in [-0.2, -0.15) is 0 Å². The van der Waals surface area contributed by atoms with Gasteiger partial charge in [0.05, 0.1) is 12.2 Å². The summed E-state index contributed by atoms with van der Waals surface area (Å²) < 4.78 is 1.68. The average molecular weight is 252 g/mol. The summed E-state index contributed by atoms with van der Waals surface area (Å²) in [5.74, 6) is -1.03. The SMILES string of the molecule is NC(Cc1cn(Cc2cccs2)nn1)C(=O)O. The number of nitrogens with two attached hydrogens (primary N) is 1. The summed E-state index contributed by atoms with van der Waals surface area (Å²) in [6.45, 7) is 0.646. The first-order valence-electron chi connectivity index (χ1n) is 5.05. The lowest BCUT2D eigenvalue weighted by Gasteiger charge is -2.01. The lowest BCUT2D eigenvalue weighted by Crippen LogP contribution is -2.32. The maximum atomic E-state index is 10.6. The molecule has 1 atom stereocenters. The second kappa shape index (κ2) is 5.07. The van der Waals surface area contributed by atoms with Crippen LogP contribution in [0, 0.1) is 0 Å². The molecule has 0 bridgehead atoms. The zero-order valence-corrected chi connectivity index (χ0v) is 9.80. The van der Waals surface area contributed by atoms with Crippen LogP contribution in [0.2, 0.25) is 0 Å². The Hall–Kier alpha value is -1.73. The number of aromatic nitrogens is 3. The summed E-state index contributed by atoms with van der Waals surface area (Å²) in [5.41, 5.74) is 6.01. The van der Waals surface area contributed by atoms with Crippen molar-refractivity contribution in [1.82, 2.24) is 15.0 Å². The van der Waals surface area contributed by atoms with E-state index in [1.807, 2.05) is 17.5 Å². The van der Waals surface area contributed by atoms with E-state index in [-0.39, 0.29) is 6.42 Å². The number of nitrogens with zero attached hydrogens (tertiary/aromatic N) is 3. The van der Waals surface area contributed by atoms with E-state index in [0.717, 1.165) is 0 Å². The molecular weight excluding hydrogens is 240 g/mol. The molecule has 3 N–H and O–H groups in total. The van der Waals surface area contributed by atoms with Crippen LogP contribution in [0.3, 0.4) is 0 Å². The maximum absolute atomic E-state index is 10.6. The van der Waals surface area contributed by atoms with Crippen molar-refractivity contribution in [2.24, 2.45) is 5.73 Å². The predicted molar refractivity (Wildman–Crippen MR) is 62.8 cm³/mol. The van der Waals surface area contributed by atoms with Crippen LogP contribution in [-0.2, 0) is 17.8 Å². The van der Waals surface area contributed by atoms with Crippen LogP contribution in [0.1, 0.15) is 10.6 Å². The van der Waals surface area contributed by atoms with Gasteiger partial charge in [0.15, 0.2) is 0 Å². The minimum absolute atomic E-state index is 0.194. The van der Waals surface area contributed by atoms with Crippen molar-refractivity contribution in [3.05, 3.63) is 34.3 Å². The van der Waals surface area contributed by atoms with Gasteiger partial charge >= 0.3 is 5.97 Å². The molecule has 0 aromatic carbocycles. The molecule has 0 radical (unpaired) electrons. The largest absolute Gasteiger partial charge is 0.480 e. The fourth-order valence-corrected chi connectivity index (χ4v) is 2.08. The number of thiophene rings is 1. The summed E-state index contributed by atoms with van der Waals surface area (Å²) in [5, 5.41) is 18.5. The van der Waals surface area contributed by atoms with E-state index in [0.29, 0.717) is 12.2 Å². The van der Waals surface area contributed by atoms with E-state index in [9.17, 15) is 4.79 Å².